The Kier molecular flexibility index (Phi) is 6.72. The molecule has 0 saturated carbocycles. The first-order valence-corrected chi connectivity index (χ1v) is 4.55. The smallest absolute Gasteiger partial charge is 0.306 e. The summed E-state index contributed by atoms with van der Waals surface area (Å²) in [5.74, 6) is -1.57. The zero-order valence-corrected chi connectivity index (χ0v) is 8.35. The molecule has 0 aromatic heterocycles. The standard InChI is InChI=1S/C7H10Cl2O4/c8-5(9)3-4-13-7(12)2-1-6(10)11/h5H,1-4H2,(H,10,11). The molecule has 0 rings (SSSR count). The van der Waals surface area contributed by atoms with E-state index in [0.29, 0.717) is 6.42 Å². The van der Waals surface area contributed by atoms with Crippen LogP contribution in [0.15, 0.2) is 0 Å². The van der Waals surface area contributed by atoms with E-state index in [9.17, 15) is 9.59 Å². The number of carboxylic acid groups (broad SMARTS) is 1. The van der Waals surface area contributed by atoms with Gasteiger partial charge in [-0.1, -0.05) is 0 Å². The lowest BCUT2D eigenvalue weighted by Gasteiger charge is -2.03. The fraction of sp³-hybridized carbons (Fsp3) is 0.714. The lowest BCUT2D eigenvalue weighted by atomic mass is 10.3. The van der Waals surface area contributed by atoms with Gasteiger partial charge in [-0.3, -0.25) is 9.59 Å². The number of hydrogen-bond acceptors (Lipinski definition) is 3. The molecule has 0 aliphatic carbocycles. The normalized spacial score (nSPS) is 10.1. The number of esters is 1. The molecular weight excluding hydrogens is 219 g/mol. The molecule has 0 aromatic rings. The van der Waals surface area contributed by atoms with Gasteiger partial charge in [0.15, 0.2) is 0 Å². The molecule has 0 heterocycles. The predicted octanol–water partition coefficient (Wildman–Crippen LogP) is 1.59. The fourth-order valence-electron chi connectivity index (χ4n) is 0.543. The summed E-state index contributed by atoms with van der Waals surface area (Å²) in [7, 11) is 0. The molecule has 0 atom stereocenters. The largest absolute Gasteiger partial charge is 0.481 e. The van der Waals surface area contributed by atoms with Crippen LogP contribution in [-0.4, -0.2) is 28.5 Å². The molecule has 0 fully saturated rings. The van der Waals surface area contributed by atoms with Crippen molar-refractivity contribution in [2.75, 3.05) is 6.61 Å². The van der Waals surface area contributed by atoms with Crippen molar-refractivity contribution in [3.05, 3.63) is 0 Å². The van der Waals surface area contributed by atoms with E-state index in [4.69, 9.17) is 28.3 Å². The summed E-state index contributed by atoms with van der Waals surface area (Å²) in [4.78, 5) is 20.2. The quantitative estimate of drug-likeness (QED) is 0.554. The van der Waals surface area contributed by atoms with E-state index in [1.807, 2.05) is 0 Å². The SMILES string of the molecule is O=C(O)CCC(=O)OCCC(Cl)Cl. The molecule has 4 nitrogen and oxygen atoms in total. The Balaban J connectivity index is 3.36. The van der Waals surface area contributed by atoms with Gasteiger partial charge in [-0.05, 0) is 0 Å². The number of rotatable bonds is 6. The fourth-order valence-corrected chi connectivity index (χ4v) is 0.721. The molecule has 0 amide bonds. The van der Waals surface area contributed by atoms with Crippen LogP contribution in [0.2, 0.25) is 0 Å². The molecule has 0 radical (unpaired) electrons. The van der Waals surface area contributed by atoms with Crippen LogP contribution < -0.4 is 0 Å². The van der Waals surface area contributed by atoms with Gasteiger partial charge in [0.1, 0.15) is 4.84 Å². The molecule has 0 aromatic carbocycles. The van der Waals surface area contributed by atoms with Crippen LogP contribution in [0.25, 0.3) is 0 Å². The van der Waals surface area contributed by atoms with Crippen molar-refractivity contribution in [3.8, 4) is 0 Å². The molecule has 1 N–H and O–H groups in total. The zero-order valence-electron chi connectivity index (χ0n) is 6.83. The Morgan fingerprint density at radius 1 is 1.31 bits per heavy atom. The Bertz CT molecular complexity index is 181. The second-order valence-electron chi connectivity index (χ2n) is 2.29. The maximum absolute atomic E-state index is 10.8. The third-order valence-corrected chi connectivity index (χ3v) is 1.58. The van der Waals surface area contributed by atoms with Crippen LogP contribution >= 0.6 is 23.2 Å². The van der Waals surface area contributed by atoms with Crippen molar-refractivity contribution in [2.24, 2.45) is 0 Å². The number of alkyl halides is 2. The molecule has 0 aliphatic rings. The van der Waals surface area contributed by atoms with Gasteiger partial charge in [0.2, 0.25) is 0 Å². The highest BCUT2D eigenvalue weighted by atomic mass is 35.5. The van der Waals surface area contributed by atoms with Gasteiger partial charge >= 0.3 is 11.9 Å². The van der Waals surface area contributed by atoms with Crippen LogP contribution in [0.3, 0.4) is 0 Å². The van der Waals surface area contributed by atoms with Crippen LogP contribution in [0, 0.1) is 0 Å². The van der Waals surface area contributed by atoms with Gasteiger partial charge in [-0.25, -0.2) is 0 Å². The van der Waals surface area contributed by atoms with E-state index in [2.05, 4.69) is 4.74 Å². The minimum Gasteiger partial charge on any atom is -0.481 e. The monoisotopic (exact) mass is 228 g/mol. The van der Waals surface area contributed by atoms with Gasteiger partial charge in [0.05, 0.1) is 19.4 Å². The second-order valence-corrected chi connectivity index (χ2v) is 3.57. The van der Waals surface area contributed by atoms with E-state index < -0.39 is 16.8 Å². The second kappa shape index (κ2) is 6.97. The van der Waals surface area contributed by atoms with Gasteiger partial charge < -0.3 is 9.84 Å². The molecular formula is C7H10Cl2O4. The van der Waals surface area contributed by atoms with Crippen molar-refractivity contribution in [1.29, 1.82) is 0 Å². The van der Waals surface area contributed by atoms with Gasteiger partial charge in [0.25, 0.3) is 0 Å². The first-order chi connectivity index (χ1) is 6.02. The van der Waals surface area contributed by atoms with Crippen LogP contribution in [0.1, 0.15) is 19.3 Å². The van der Waals surface area contributed by atoms with E-state index in [0.717, 1.165) is 0 Å². The van der Waals surface area contributed by atoms with E-state index in [1.54, 1.807) is 0 Å². The van der Waals surface area contributed by atoms with E-state index in [1.165, 1.54) is 0 Å². The molecule has 13 heavy (non-hydrogen) atoms. The number of aliphatic carboxylic acids is 1. The van der Waals surface area contributed by atoms with Crippen molar-refractivity contribution >= 4 is 35.1 Å². The molecule has 0 spiro atoms. The molecule has 0 bridgehead atoms. The number of carbonyl (C=O) groups excluding carboxylic acids is 1. The summed E-state index contributed by atoms with van der Waals surface area (Å²) in [6, 6.07) is 0. The van der Waals surface area contributed by atoms with Crippen molar-refractivity contribution in [3.63, 3.8) is 0 Å². The molecule has 6 heteroatoms. The average Bonchev–Trinajstić information content (AvgIpc) is 2.00. The third kappa shape index (κ3) is 9.43. The number of carbonyl (C=O) groups is 2. The minimum absolute atomic E-state index is 0.120. The predicted molar refractivity (Wildman–Crippen MR) is 47.9 cm³/mol. The van der Waals surface area contributed by atoms with Gasteiger partial charge in [-0.15, -0.1) is 23.2 Å². The van der Waals surface area contributed by atoms with Crippen molar-refractivity contribution in [2.45, 2.75) is 24.1 Å². The summed E-state index contributed by atoms with van der Waals surface area (Å²) in [5, 5.41) is 8.23. The first-order valence-electron chi connectivity index (χ1n) is 3.68. The summed E-state index contributed by atoms with van der Waals surface area (Å²) in [6.07, 6.45) is 0.0104. The molecule has 0 aliphatic heterocycles. The van der Waals surface area contributed by atoms with Crippen molar-refractivity contribution < 1.29 is 19.4 Å². The highest BCUT2D eigenvalue weighted by molar-refractivity contribution is 6.44. The van der Waals surface area contributed by atoms with Crippen LogP contribution in [0.4, 0.5) is 0 Å². The number of halogens is 2. The maximum atomic E-state index is 10.8. The lowest BCUT2D eigenvalue weighted by Crippen LogP contribution is -2.09. The van der Waals surface area contributed by atoms with Gasteiger partial charge in [-0.2, -0.15) is 0 Å². The third-order valence-electron chi connectivity index (χ3n) is 1.14. The summed E-state index contributed by atoms with van der Waals surface area (Å²) in [6.45, 7) is 0.121. The first kappa shape index (κ1) is 12.5. The zero-order chi connectivity index (χ0) is 10.3. The molecule has 0 unspecified atom stereocenters. The topological polar surface area (TPSA) is 63.6 Å². The van der Waals surface area contributed by atoms with Gasteiger partial charge in [0, 0.05) is 6.42 Å². The highest BCUT2D eigenvalue weighted by Gasteiger charge is 2.07. The maximum Gasteiger partial charge on any atom is 0.306 e. The lowest BCUT2D eigenvalue weighted by molar-refractivity contribution is -0.147. The van der Waals surface area contributed by atoms with Crippen molar-refractivity contribution in [1.82, 2.24) is 0 Å². The summed E-state index contributed by atoms with van der Waals surface area (Å²) in [5.41, 5.74) is 0. The Morgan fingerprint density at radius 2 is 1.92 bits per heavy atom. The Labute approximate surface area is 85.8 Å². The summed E-state index contributed by atoms with van der Waals surface area (Å²) >= 11 is 10.7. The minimum atomic E-state index is -1.02. The number of ether oxygens (including phenoxy) is 1. The Hall–Kier alpha value is -0.480. The highest BCUT2D eigenvalue weighted by Crippen LogP contribution is 2.06. The average molecular weight is 229 g/mol. The van der Waals surface area contributed by atoms with Crippen LogP contribution in [0.5, 0.6) is 0 Å². The Morgan fingerprint density at radius 3 is 2.38 bits per heavy atom. The summed E-state index contributed by atoms with van der Waals surface area (Å²) < 4.78 is 4.63. The van der Waals surface area contributed by atoms with E-state index >= 15 is 0 Å². The van der Waals surface area contributed by atoms with Crippen LogP contribution in [-0.2, 0) is 14.3 Å². The number of hydrogen-bond donors (Lipinski definition) is 1. The molecule has 0 saturated heterocycles. The van der Waals surface area contributed by atoms with E-state index in [-0.39, 0.29) is 19.4 Å². The molecule has 76 valence electrons. The number of carboxylic acids is 1.